The molecule has 1 unspecified atom stereocenters. The van der Waals surface area contributed by atoms with E-state index in [0.717, 1.165) is 42.1 Å². The second kappa shape index (κ2) is 6.81. The molecule has 24 heavy (non-hydrogen) atoms. The zero-order chi connectivity index (χ0) is 17.3. The summed E-state index contributed by atoms with van der Waals surface area (Å²) in [5.41, 5.74) is 3.08. The Bertz CT molecular complexity index is 729. The van der Waals surface area contributed by atoms with Gasteiger partial charge in [-0.3, -0.25) is 4.90 Å². The first-order valence-electron chi connectivity index (χ1n) is 8.19. The predicted octanol–water partition coefficient (Wildman–Crippen LogP) is 3.22. The Labute approximate surface area is 142 Å². The summed E-state index contributed by atoms with van der Waals surface area (Å²) in [7, 11) is 5.05. The number of aryl methyl sites for hydroxylation is 2. The molecule has 0 aliphatic carbocycles. The molecule has 1 atom stereocenters. The minimum absolute atomic E-state index is 0.249. The quantitative estimate of drug-likeness (QED) is 0.842. The standard InChI is InChI=1S/C18H24FN3O2/c1-12-17(18(24-4)21(2)20-12)15-6-5-9-22(15)11-13-7-8-16(23-3)14(19)10-13/h7-8,10,15H,5-6,9,11H2,1-4H3. The molecule has 1 aromatic heterocycles. The molecule has 130 valence electrons. The van der Waals surface area contributed by atoms with Gasteiger partial charge in [-0.05, 0) is 44.0 Å². The van der Waals surface area contributed by atoms with Gasteiger partial charge >= 0.3 is 0 Å². The number of likely N-dealkylation sites (tertiary alicyclic amines) is 1. The number of hydrogen-bond donors (Lipinski definition) is 0. The minimum atomic E-state index is -0.319. The molecule has 1 aromatic carbocycles. The van der Waals surface area contributed by atoms with Crippen LogP contribution in [0, 0.1) is 12.7 Å². The average molecular weight is 333 g/mol. The largest absolute Gasteiger partial charge is 0.494 e. The van der Waals surface area contributed by atoms with Crippen molar-refractivity contribution < 1.29 is 13.9 Å². The molecule has 0 amide bonds. The molecule has 5 nitrogen and oxygen atoms in total. The lowest BCUT2D eigenvalue weighted by Gasteiger charge is -2.25. The van der Waals surface area contributed by atoms with Gasteiger partial charge in [-0.25, -0.2) is 9.07 Å². The van der Waals surface area contributed by atoms with Crippen molar-refractivity contribution >= 4 is 0 Å². The fourth-order valence-corrected chi connectivity index (χ4v) is 3.66. The monoisotopic (exact) mass is 333 g/mol. The van der Waals surface area contributed by atoms with Gasteiger partial charge < -0.3 is 9.47 Å². The van der Waals surface area contributed by atoms with Crippen LogP contribution in [0.3, 0.4) is 0 Å². The third-order valence-electron chi connectivity index (χ3n) is 4.71. The molecule has 0 radical (unpaired) electrons. The van der Waals surface area contributed by atoms with E-state index < -0.39 is 0 Å². The third-order valence-corrected chi connectivity index (χ3v) is 4.71. The molecule has 3 rings (SSSR count). The van der Waals surface area contributed by atoms with E-state index in [4.69, 9.17) is 9.47 Å². The van der Waals surface area contributed by atoms with E-state index in [1.54, 1.807) is 23.9 Å². The Morgan fingerprint density at radius 1 is 1.29 bits per heavy atom. The van der Waals surface area contributed by atoms with E-state index >= 15 is 0 Å². The zero-order valence-corrected chi connectivity index (χ0v) is 14.7. The van der Waals surface area contributed by atoms with Crippen molar-refractivity contribution in [3.63, 3.8) is 0 Å². The fraction of sp³-hybridized carbons (Fsp3) is 0.500. The van der Waals surface area contributed by atoms with E-state index in [9.17, 15) is 4.39 Å². The number of ether oxygens (including phenoxy) is 2. The number of methoxy groups -OCH3 is 2. The first kappa shape index (κ1) is 16.8. The summed E-state index contributed by atoms with van der Waals surface area (Å²) < 4.78 is 26.3. The van der Waals surface area contributed by atoms with E-state index in [1.165, 1.54) is 7.11 Å². The normalized spacial score (nSPS) is 18.1. The molecule has 2 heterocycles. The van der Waals surface area contributed by atoms with Gasteiger partial charge in [-0.15, -0.1) is 0 Å². The van der Waals surface area contributed by atoms with Crippen molar-refractivity contribution in [2.24, 2.45) is 7.05 Å². The summed E-state index contributed by atoms with van der Waals surface area (Å²) >= 11 is 0. The molecular formula is C18H24FN3O2. The van der Waals surface area contributed by atoms with Crippen LogP contribution < -0.4 is 9.47 Å². The van der Waals surface area contributed by atoms with E-state index in [1.807, 2.05) is 20.0 Å². The highest BCUT2D eigenvalue weighted by molar-refractivity contribution is 5.35. The lowest BCUT2D eigenvalue weighted by molar-refractivity contribution is 0.240. The van der Waals surface area contributed by atoms with Crippen molar-refractivity contribution in [2.75, 3.05) is 20.8 Å². The zero-order valence-electron chi connectivity index (χ0n) is 14.7. The second-order valence-electron chi connectivity index (χ2n) is 6.23. The molecule has 0 saturated carbocycles. The van der Waals surface area contributed by atoms with Gasteiger partial charge in [0, 0.05) is 19.6 Å². The maximum absolute atomic E-state index is 14.0. The molecule has 0 bridgehead atoms. The molecule has 1 aliphatic rings. The summed E-state index contributed by atoms with van der Waals surface area (Å²) in [6.07, 6.45) is 2.17. The Morgan fingerprint density at radius 3 is 2.75 bits per heavy atom. The molecule has 6 heteroatoms. The third kappa shape index (κ3) is 2.98. The molecule has 1 aliphatic heterocycles. The van der Waals surface area contributed by atoms with E-state index in [0.29, 0.717) is 6.54 Å². The number of aromatic nitrogens is 2. The molecule has 2 aromatic rings. The van der Waals surface area contributed by atoms with Crippen LogP contribution in [0.15, 0.2) is 18.2 Å². The maximum atomic E-state index is 14.0. The maximum Gasteiger partial charge on any atom is 0.216 e. The van der Waals surface area contributed by atoms with Crippen LogP contribution in [0.1, 0.15) is 35.7 Å². The van der Waals surface area contributed by atoms with Crippen molar-refractivity contribution in [3.05, 3.63) is 40.8 Å². The van der Waals surface area contributed by atoms with Crippen LogP contribution in [-0.4, -0.2) is 35.4 Å². The highest BCUT2D eigenvalue weighted by atomic mass is 19.1. The number of rotatable bonds is 5. The van der Waals surface area contributed by atoms with Gasteiger partial charge in [0.2, 0.25) is 5.88 Å². The van der Waals surface area contributed by atoms with Crippen molar-refractivity contribution in [3.8, 4) is 11.6 Å². The van der Waals surface area contributed by atoms with Crippen LogP contribution in [0.5, 0.6) is 11.6 Å². The van der Waals surface area contributed by atoms with Crippen LogP contribution in [0.25, 0.3) is 0 Å². The highest BCUT2D eigenvalue weighted by Gasteiger charge is 2.32. The Hall–Kier alpha value is -2.08. The summed E-state index contributed by atoms with van der Waals surface area (Å²) in [4.78, 5) is 2.37. The smallest absolute Gasteiger partial charge is 0.216 e. The molecule has 1 fully saturated rings. The Kier molecular flexibility index (Phi) is 4.76. The van der Waals surface area contributed by atoms with Crippen LogP contribution in [0.4, 0.5) is 4.39 Å². The summed E-state index contributed by atoms with van der Waals surface area (Å²) in [5, 5.41) is 4.49. The summed E-state index contributed by atoms with van der Waals surface area (Å²) in [6.45, 7) is 3.69. The fourth-order valence-electron chi connectivity index (χ4n) is 3.66. The molecular weight excluding hydrogens is 309 g/mol. The molecule has 1 saturated heterocycles. The topological polar surface area (TPSA) is 39.5 Å². The summed E-state index contributed by atoms with van der Waals surface area (Å²) in [5.74, 6) is 0.771. The number of nitrogens with zero attached hydrogens (tertiary/aromatic N) is 3. The van der Waals surface area contributed by atoms with Gasteiger partial charge in [0.1, 0.15) is 0 Å². The van der Waals surface area contributed by atoms with Gasteiger partial charge in [0.25, 0.3) is 0 Å². The van der Waals surface area contributed by atoms with E-state index in [-0.39, 0.29) is 17.6 Å². The van der Waals surface area contributed by atoms with Crippen LogP contribution >= 0.6 is 0 Å². The van der Waals surface area contributed by atoms with Crippen LogP contribution in [-0.2, 0) is 13.6 Å². The lowest BCUT2D eigenvalue weighted by Crippen LogP contribution is -2.23. The Balaban J connectivity index is 1.85. The number of hydrogen-bond acceptors (Lipinski definition) is 4. The first-order chi connectivity index (χ1) is 11.5. The summed E-state index contributed by atoms with van der Waals surface area (Å²) in [6, 6.07) is 5.41. The second-order valence-corrected chi connectivity index (χ2v) is 6.23. The van der Waals surface area contributed by atoms with Gasteiger partial charge in [0.05, 0.1) is 25.5 Å². The van der Waals surface area contributed by atoms with Crippen molar-refractivity contribution in [2.45, 2.75) is 32.4 Å². The molecule has 0 N–H and O–H groups in total. The lowest BCUT2D eigenvalue weighted by atomic mass is 10.0. The SMILES string of the molecule is COc1ccc(CN2CCCC2c2c(C)nn(C)c2OC)cc1F. The number of halogens is 1. The van der Waals surface area contributed by atoms with Gasteiger partial charge in [-0.1, -0.05) is 6.07 Å². The predicted molar refractivity (Wildman–Crippen MR) is 89.8 cm³/mol. The highest BCUT2D eigenvalue weighted by Crippen LogP contribution is 2.39. The molecule has 0 spiro atoms. The van der Waals surface area contributed by atoms with Gasteiger partial charge in [0.15, 0.2) is 11.6 Å². The van der Waals surface area contributed by atoms with Crippen molar-refractivity contribution in [1.29, 1.82) is 0 Å². The average Bonchev–Trinajstić information content (AvgIpc) is 3.10. The van der Waals surface area contributed by atoms with Crippen molar-refractivity contribution in [1.82, 2.24) is 14.7 Å². The minimum Gasteiger partial charge on any atom is -0.494 e. The Morgan fingerprint density at radius 2 is 2.08 bits per heavy atom. The number of benzene rings is 1. The van der Waals surface area contributed by atoms with Crippen LogP contribution in [0.2, 0.25) is 0 Å². The first-order valence-corrected chi connectivity index (χ1v) is 8.19. The van der Waals surface area contributed by atoms with E-state index in [2.05, 4.69) is 10.00 Å². The van der Waals surface area contributed by atoms with Gasteiger partial charge in [-0.2, -0.15) is 5.10 Å².